The number of amides is 4. The maximum Gasteiger partial charge on any atom is 0.408 e. The van der Waals surface area contributed by atoms with Crippen molar-refractivity contribution in [3.05, 3.63) is 78.2 Å². The van der Waals surface area contributed by atoms with Crippen LogP contribution in [0.15, 0.2) is 83.1 Å². The van der Waals surface area contributed by atoms with Gasteiger partial charge in [-0.1, -0.05) is 55.3 Å². The summed E-state index contributed by atoms with van der Waals surface area (Å²) < 4.78 is 41.3. The van der Waals surface area contributed by atoms with Gasteiger partial charge in [-0.2, -0.15) is 0 Å². The molecule has 0 bridgehead atoms. The number of rotatable bonds is 8. The van der Waals surface area contributed by atoms with Crippen LogP contribution in [0.4, 0.5) is 10.5 Å². The Labute approximate surface area is 346 Å². The van der Waals surface area contributed by atoms with Gasteiger partial charge >= 0.3 is 6.09 Å². The van der Waals surface area contributed by atoms with E-state index in [9.17, 15) is 27.6 Å². The van der Waals surface area contributed by atoms with E-state index >= 15 is 0 Å². The number of hydrogen-bond donors (Lipinski definition) is 4. The minimum absolute atomic E-state index is 0.00620. The van der Waals surface area contributed by atoms with Crippen molar-refractivity contribution in [2.24, 2.45) is 5.92 Å². The third kappa shape index (κ3) is 8.76. The summed E-state index contributed by atoms with van der Waals surface area (Å²) in [5.74, 6) is -2.37. The number of nitrogen functional groups attached to an aromatic ring is 1. The number of fused-ring (bicyclic) bond motifs is 3. The lowest BCUT2D eigenvalue weighted by Gasteiger charge is -2.30. The number of ether oxygens (including phenoxy) is 2. The summed E-state index contributed by atoms with van der Waals surface area (Å²) in [6, 6.07) is 14.8. The smallest absolute Gasteiger partial charge is 0.408 e. The van der Waals surface area contributed by atoms with Crippen LogP contribution in [-0.4, -0.2) is 83.5 Å². The van der Waals surface area contributed by atoms with Gasteiger partial charge in [0.05, 0.1) is 28.1 Å². The molecule has 310 valence electrons. The number of aromatic nitrogens is 2. The molecular formula is C42H47N7O8S2. The Morgan fingerprint density at radius 3 is 2.42 bits per heavy atom. The quantitative estimate of drug-likeness (QED) is 0.133. The van der Waals surface area contributed by atoms with Gasteiger partial charge < -0.3 is 30.7 Å². The maximum absolute atomic E-state index is 14.7. The van der Waals surface area contributed by atoms with E-state index in [0.29, 0.717) is 36.0 Å². The van der Waals surface area contributed by atoms with E-state index in [1.54, 1.807) is 6.07 Å². The predicted octanol–water partition coefficient (Wildman–Crippen LogP) is 5.23. The molecule has 8 rings (SSSR count). The molecule has 5 atom stereocenters. The van der Waals surface area contributed by atoms with Crippen LogP contribution in [0.1, 0.15) is 70.6 Å². The summed E-state index contributed by atoms with van der Waals surface area (Å²) in [4.78, 5) is 68.2. The molecule has 0 radical (unpaired) electrons. The van der Waals surface area contributed by atoms with Crippen molar-refractivity contribution < 1.29 is 37.1 Å². The van der Waals surface area contributed by atoms with Gasteiger partial charge in [0.2, 0.25) is 17.7 Å². The number of benzene rings is 2. The Balaban J connectivity index is 1.11. The lowest BCUT2D eigenvalue weighted by Crippen LogP contribution is -2.58. The maximum atomic E-state index is 14.7. The monoisotopic (exact) mass is 841 g/mol. The Kier molecular flexibility index (Phi) is 11.6. The van der Waals surface area contributed by atoms with Crippen LogP contribution in [0.2, 0.25) is 0 Å². The van der Waals surface area contributed by atoms with Crippen LogP contribution >= 0.6 is 11.3 Å². The zero-order valence-electron chi connectivity index (χ0n) is 32.4. The minimum Gasteiger partial charge on any atom is -0.471 e. The topological polar surface area (TPSA) is 212 Å². The fraction of sp³-hybridized carbons (Fsp3) is 0.429. The average Bonchev–Trinajstić information content (AvgIpc) is 3.71. The lowest BCUT2D eigenvalue weighted by molar-refractivity contribution is -0.141. The lowest BCUT2D eigenvalue weighted by atomic mass is 10.0. The number of alkyl carbamates (subject to hydrolysis) is 1. The molecule has 2 aliphatic heterocycles. The SMILES string of the molecule is Nc1ccccc1S(=O)(=O)NC(=O)[C@]12C[C@H]1/C=C\CCCCC[C@H](NC(=O)OC1CCCC1)C(=O)N1C[C@H](Oc3nc4ccccc4nc3-c3cccs3)C[C@H]1C(=O)N2. The van der Waals surface area contributed by atoms with Crippen LogP contribution in [0, 0.1) is 5.92 Å². The van der Waals surface area contributed by atoms with Gasteiger partial charge in [0, 0.05) is 12.3 Å². The van der Waals surface area contributed by atoms with Crippen LogP contribution in [-0.2, 0) is 29.1 Å². The first-order valence-electron chi connectivity index (χ1n) is 20.2. The van der Waals surface area contributed by atoms with Gasteiger partial charge in [-0.15, -0.1) is 11.3 Å². The van der Waals surface area contributed by atoms with Crippen molar-refractivity contribution in [2.75, 3.05) is 12.3 Å². The van der Waals surface area contributed by atoms with Crippen molar-refractivity contribution in [1.82, 2.24) is 30.2 Å². The van der Waals surface area contributed by atoms with Crippen molar-refractivity contribution in [3.63, 3.8) is 0 Å². The Morgan fingerprint density at radius 1 is 0.915 bits per heavy atom. The molecule has 1 saturated heterocycles. The van der Waals surface area contributed by atoms with Gasteiger partial charge in [0.25, 0.3) is 15.9 Å². The molecule has 59 heavy (non-hydrogen) atoms. The zero-order valence-corrected chi connectivity index (χ0v) is 34.0. The highest BCUT2D eigenvalue weighted by Crippen LogP contribution is 2.46. The number of nitrogens with zero attached hydrogens (tertiary/aromatic N) is 3. The third-order valence-corrected chi connectivity index (χ3v) is 13.8. The van der Waals surface area contributed by atoms with Crippen LogP contribution in [0.25, 0.3) is 21.6 Å². The number of allylic oxidation sites excluding steroid dienone is 1. The van der Waals surface area contributed by atoms with E-state index in [-0.39, 0.29) is 42.0 Å². The summed E-state index contributed by atoms with van der Waals surface area (Å²) in [5, 5.41) is 7.61. The van der Waals surface area contributed by atoms with Crippen molar-refractivity contribution in [3.8, 4) is 16.5 Å². The molecule has 2 aliphatic carbocycles. The molecule has 4 amide bonds. The average molecular weight is 842 g/mol. The number of para-hydroxylation sites is 3. The van der Waals surface area contributed by atoms with Gasteiger partial charge in [0.1, 0.15) is 40.4 Å². The van der Waals surface area contributed by atoms with Crippen molar-refractivity contribution >= 4 is 61.9 Å². The molecule has 4 heterocycles. The van der Waals surface area contributed by atoms with E-state index in [4.69, 9.17) is 25.2 Å². The first kappa shape index (κ1) is 40.2. The normalized spacial score (nSPS) is 25.8. The van der Waals surface area contributed by atoms with Gasteiger partial charge in [-0.25, -0.2) is 27.9 Å². The Bertz CT molecular complexity index is 2370. The molecule has 0 spiro atoms. The molecule has 0 unspecified atom stereocenters. The van der Waals surface area contributed by atoms with E-state index in [1.165, 1.54) is 34.4 Å². The highest BCUT2D eigenvalue weighted by atomic mass is 32.2. The van der Waals surface area contributed by atoms with Crippen molar-refractivity contribution in [2.45, 2.75) is 105 Å². The highest BCUT2D eigenvalue weighted by Gasteiger charge is 2.62. The number of carbonyl (C=O) groups excluding carboxylic acids is 4. The summed E-state index contributed by atoms with van der Waals surface area (Å²) in [7, 11) is -4.42. The summed E-state index contributed by atoms with van der Waals surface area (Å²) in [6.45, 7) is -0.0463. The van der Waals surface area contributed by atoms with E-state index in [1.807, 2.05) is 53.9 Å². The Hall–Kier alpha value is -5.55. The fourth-order valence-corrected chi connectivity index (χ4v) is 10.2. The summed E-state index contributed by atoms with van der Waals surface area (Å²) >= 11 is 1.47. The second-order valence-corrected chi connectivity index (χ2v) is 18.2. The zero-order chi connectivity index (χ0) is 41.1. The van der Waals surface area contributed by atoms with E-state index in [0.717, 1.165) is 43.4 Å². The molecule has 5 N–H and O–H groups in total. The number of nitrogens with one attached hydrogen (secondary N) is 3. The number of carbonyl (C=O) groups is 4. The number of hydrogen-bond acceptors (Lipinski definition) is 12. The Morgan fingerprint density at radius 2 is 1.66 bits per heavy atom. The molecule has 2 saturated carbocycles. The first-order chi connectivity index (χ1) is 28.5. The largest absolute Gasteiger partial charge is 0.471 e. The van der Waals surface area contributed by atoms with Crippen LogP contribution in [0.3, 0.4) is 0 Å². The molecule has 17 heteroatoms. The predicted molar refractivity (Wildman–Crippen MR) is 220 cm³/mol. The number of sulfonamides is 1. The minimum atomic E-state index is -4.42. The first-order valence-corrected chi connectivity index (χ1v) is 22.5. The van der Waals surface area contributed by atoms with Crippen LogP contribution in [0.5, 0.6) is 5.88 Å². The fourth-order valence-electron chi connectivity index (χ4n) is 8.29. The second kappa shape index (κ2) is 17.0. The highest BCUT2D eigenvalue weighted by molar-refractivity contribution is 7.90. The molecular weight excluding hydrogens is 795 g/mol. The molecule has 2 aromatic heterocycles. The second-order valence-electron chi connectivity index (χ2n) is 15.6. The van der Waals surface area contributed by atoms with Gasteiger partial charge in [-0.05, 0) is 87.1 Å². The van der Waals surface area contributed by atoms with Crippen molar-refractivity contribution in [1.29, 1.82) is 0 Å². The number of thiophene rings is 1. The number of nitrogens with two attached hydrogens (primary N) is 1. The summed E-state index contributed by atoms with van der Waals surface area (Å²) in [6.07, 6.45) is 8.79. The van der Waals surface area contributed by atoms with Gasteiger partial charge in [0.15, 0.2) is 0 Å². The molecule has 4 aliphatic rings. The molecule has 4 aromatic rings. The summed E-state index contributed by atoms with van der Waals surface area (Å²) in [5.41, 5.74) is 6.08. The van der Waals surface area contributed by atoms with Crippen LogP contribution < -0.4 is 25.8 Å². The number of anilines is 1. The standard InChI is InChI=1S/C42H47N7O8S2/c43-29-16-8-11-21-35(29)59(54,55)48-40(52)42-24-26(42)13-4-2-1-3-5-19-32(46-41(53)57-27-14-6-7-15-27)39(51)49-25-28(23-33(49)37(50)47-42)56-38-36(34-20-12-22-58-34)44-30-17-9-10-18-31(30)45-38/h4,8-13,16-18,20-22,26-28,32-33H,1-3,5-7,14-15,19,23-25,43H2,(H,46,53)(H,47,50)(H,48,52)/b13-4-/t26-,28-,32+,33+,42+/m1/s1. The molecule has 3 fully saturated rings. The third-order valence-electron chi connectivity index (χ3n) is 11.5. The molecule has 15 nitrogen and oxygen atoms in total. The molecule has 2 aromatic carbocycles. The van der Waals surface area contributed by atoms with E-state index < -0.39 is 63.5 Å². The van der Waals surface area contributed by atoms with Gasteiger partial charge in [-0.3, -0.25) is 14.4 Å². The van der Waals surface area contributed by atoms with E-state index in [2.05, 4.69) is 15.4 Å².